The van der Waals surface area contributed by atoms with E-state index in [1.54, 1.807) is 0 Å². The molecular formula is H12BaBrCl3Cs2I4K3LiNa2O2Rb+11. The van der Waals surface area contributed by atoms with Crippen molar-refractivity contribution in [3.05, 3.63) is 0 Å². The smallest absolute Gasteiger partial charge is 0.412 e. The minimum absolute atomic E-state index is 0. The van der Waals surface area contributed by atoms with E-state index in [1.807, 2.05) is 0 Å². The molecule has 0 atom stereocenters. The number of halogens is 8. The first-order chi connectivity index (χ1) is 0. The Morgan fingerprint density at radius 3 is 0.500 bits per heavy atom. The van der Waals surface area contributed by atoms with E-state index in [9.17, 15) is 0 Å². The maximum absolute atomic E-state index is 0. The minimum Gasteiger partial charge on any atom is -0.412 e. The summed E-state index contributed by atoms with van der Waals surface area (Å²) in [6, 6.07) is 0. The van der Waals surface area contributed by atoms with E-state index >= 15 is 0 Å². The zero-order chi connectivity index (χ0) is 0. The Morgan fingerprint density at radius 2 is 0.500 bits per heavy atom. The van der Waals surface area contributed by atoms with E-state index in [1.165, 1.54) is 0 Å². The first kappa shape index (κ1) is 155. The number of rotatable bonds is 0. The van der Waals surface area contributed by atoms with Crippen LogP contribution in [0.3, 0.4) is 0 Å². The van der Waals surface area contributed by atoms with Crippen LogP contribution in [0.5, 0.6) is 0 Å². The van der Waals surface area contributed by atoms with Gasteiger partial charge in [0.25, 0.3) is 0 Å². The molecule has 0 amide bonds. The fourth-order valence-electron chi connectivity index (χ4n) is 0. The molecule has 0 fully saturated rings. The van der Waals surface area contributed by atoms with Gasteiger partial charge in [0.1, 0.15) is 0 Å². The molecule has 0 unspecified atom stereocenters. The first-order valence-electron chi connectivity index (χ1n) is 0. The zero-order valence-corrected chi connectivity index (χ0v) is 62.7. The molecule has 0 aliphatic rings. The Morgan fingerprint density at radius 1 is 0.500 bits per heavy atom. The molecule has 0 heterocycles. The molecule has 0 aromatic heterocycles. The molecule has 20 heteroatoms. The van der Waals surface area contributed by atoms with E-state index in [-0.39, 0.29) is 638 Å². The normalized spacial score (nSPS) is 0. The maximum Gasteiger partial charge on any atom is 2.00 e. The second-order valence-electron chi connectivity index (χ2n) is 0. The van der Waals surface area contributed by atoms with Gasteiger partial charge in [0.15, 0.2) is 0 Å². The molecule has 0 radical (unpaired) electrons. The quantitative estimate of drug-likeness (QED) is 0.171. The van der Waals surface area contributed by atoms with Crippen molar-refractivity contribution in [2.45, 2.75) is 0 Å². The average molecular weight is 1400 g/mol. The summed E-state index contributed by atoms with van der Waals surface area (Å²) in [7, 11) is 0. The van der Waals surface area contributed by atoms with E-state index in [0.717, 1.165) is 0 Å². The van der Waals surface area contributed by atoms with E-state index < -0.39 is 0 Å². The van der Waals surface area contributed by atoms with Crippen molar-refractivity contribution in [3.63, 3.8) is 0 Å². The summed E-state index contributed by atoms with van der Waals surface area (Å²) >= 11 is 0. The van der Waals surface area contributed by atoms with Crippen molar-refractivity contribution in [2.24, 2.45) is 0 Å². The molecule has 0 saturated heterocycles. The van der Waals surface area contributed by atoms with Crippen LogP contribution in [-0.4, -0.2) is 59.8 Å². The van der Waals surface area contributed by atoms with Gasteiger partial charge in [-0.15, -0.1) is 150 Å². The Labute approximate surface area is 612 Å². The summed E-state index contributed by atoms with van der Waals surface area (Å²) in [6.45, 7) is 0. The summed E-state index contributed by atoms with van der Waals surface area (Å²) in [5.74, 6) is 0. The van der Waals surface area contributed by atoms with E-state index in [0.29, 0.717) is 0 Å². The maximum atomic E-state index is 0. The molecule has 20 heavy (non-hydrogen) atoms. The van der Waals surface area contributed by atoms with E-state index in [4.69, 9.17) is 0 Å². The van der Waals surface area contributed by atoms with Crippen LogP contribution < -0.4 is 428 Å². The van der Waals surface area contributed by atoms with Gasteiger partial charge < -0.3 is 11.0 Å². The molecule has 0 spiro atoms. The molecule has 2 nitrogen and oxygen atoms in total. The Bertz CT molecular complexity index is 62.9. The Balaban J connectivity index is 0. The second-order valence-corrected chi connectivity index (χ2v) is 0. The van der Waals surface area contributed by atoms with Crippen LogP contribution in [-0.2, 0) is 0 Å². The monoisotopic (exact) mass is 1390 g/mol. The van der Waals surface area contributed by atoms with Crippen molar-refractivity contribution >= 4 is 199 Å². The Hall–Kier alpha value is 19.2. The molecule has 0 aromatic rings. The topological polar surface area (TPSA) is 63.0 Å². The molecule has 0 rings (SSSR count). The predicted octanol–water partition coefficient (Wildman–Crippen LogP) is -24.7. The van der Waals surface area contributed by atoms with Gasteiger partial charge in [-0.2, -0.15) is 0 Å². The summed E-state index contributed by atoms with van der Waals surface area (Å²) < 4.78 is 0. The standard InChI is InChI=1S/Ba.BrH.3ClH.2Cs.4HI.3K.Li.2Na.2H2O.Rb/h;4*1H;;;4*1H;;;;;;;2*1H2;/q+2;;;;;2*+1;;;;;6*+1;;;+1. The van der Waals surface area contributed by atoms with Crippen LogP contribution >= 0.6 is 150 Å². The molecule has 0 aliphatic carbocycles. The van der Waals surface area contributed by atoms with Gasteiger partial charge in [-0.25, -0.2) is 0 Å². The van der Waals surface area contributed by atoms with Crippen molar-refractivity contribution in [2.75, 3.05) is 0 Å². The van der Waals surface area contributed by atoms with Gasteiger partial charge in [-0.05, 0) is 0 Å². The fraction of sp³-hybridized carbons (Fsp3) is 0. The van der Waals surface area contributed by atoms with Crippen LogP contribution in [0, 0.1) is 0 Å². The van der Waals surface area contributed by atoms with Crippen molar-refractivity contribution in [1.82, 2.24) is 0 Å². The summed E-state index contributed by atoms with van der Waals surface area (Å²) in [5, 5.41) is 0. The van der Waals surface area contributed by atoms with Gasteiger partial charge >= 0.3 is 477 Å². The van der Waals surface area contributed by atoms with Gasteiger partial charge in [0.05, 0.1) is 0 Å². The molecule has 80 valence electrons. The summed E-state index contributed by atoms with van der Waals surface area (Å²) in [5.41, 5.74) is 0. The SMILES string of the molecule is Br.Cl.Cl.Cl.I.I.I.I.O.O.[Ba+2].[Cs+].[Cs+].[K+].[K+].[K+].[Li+].[Na+].[Na+].[Rb+]. The molecule has 4 N–H and O–H groups in total. The third-order valence-corrected chi connectivity index (χ3v) is 0. The largest absolute Gasteiger partial charge is 2.00 e. The van der Waals surface area contributed by atoms with Gasteiger partial charge in [0, 0.05) is 0 Å². The van der Waals surface area contributed by atoms with Crippen LogP contribution in [0.15, 0.2) is 0 Å². The number of hydrogen-bond acceptors (Lipinski definition) is 0. The van der Waals surface area contributed by atoms with Crippen LogP contribution in [0.4, 0.5) is 0 Å². The van der Waals surface area contributed by atoms with Crippen LogP contribution in [0.2, 0.25) is 0 Å². The van der Waals surface area contributed by atoms with Crippen LogP contribution in [0.1, 0.15) is 0 Å². The van der Waals surface area contributed by atoms with Crippen molar-refractivity contribution in [3.8, 4) is 0 Å². The average Bonchev–Trinajstić information content (AvgIpc) is 0. The second kappa shape index (κ2) is 143. The molecule has 0 aromatic carbocycles. The number of hydrogen-bond donors (Lipinski definition) is 0. The minimum atomic E-state index is 0. The van der Waals surface area contributed by atoms with Gasteiger partial charge in [-0.1, -0.05) is 0 Å². The van der Waals surface area contributed by atoms with Gasteiger partial charge in [0.2, 0.25) is 0 Å². The molecule has 0 aliphatic heterocycles. The Kier molecular flexibility index (Phi) is 1110. The first-order valence-corrected chi connectivity index (χ1v) is 0. The summed E-state index contributed by atoms with van der Waals surface area (Å²) in [6.07, 6.45) is 0. The van der Waals surface area contributed by atoms with Crippen molar-refractivity contribution in [1.29, 1.82) is 0 Å². The zero-order valence-electron chi connectivity index (χ0n) is 14.0. The van der Waals surface area contributed by atoms with Crippen LogP contribution in [0.25, 0.3) is 0 Å². The predicted molar refractivity (Wildman–Crippen MR) is 107 cm³/mol. The fourth-order valence-corrected chi connectivity index (χ4v) is 0. The summed E-state index contributed by atoms with van der Waals surface area (Å²) in [4.78, 5) is 0. The third-order valence-electron chi connectivity index (χ3n) is 0. The molecular weight excluding hydrogens is 1380 g/mol. The molecule has 0 saturated carbocycles. The molecule has 0 bridgehead atoms. The van der Waals surface area contributed by atoms with Crippen molar-refractivity contribution < 1.29 is 439 Å². The third kappa shape index (κ3) is 132. The van der Waals surface area contributed by atoms with E-state index in [2.05, 4.69) is 0 Å². The van der Waals surface area contributed by atoms with Gasteiger partial charge in [-0.3, -0.25) is 0 Å².